The Morgan fingerprint density at radius 2 is 1.91 bits per heavy atom. The fraction of sp³-hybridized carbons (Fsp3) is 0.333. The predicted octanol–water partition coefficient (Wildman–Crippen LogP) is 5.00. The molecule has 33 heavy (non-hydrogen) atoms. The third-order valence-electron chi connectivity index (χ3n) is 5.76. The van der Waals surface area contributed by atoms with Crippen molar-refractivity contribution in [3.8, 4) is 11.1 Å². The van der Waals surface area contributed by atoms with Crippen molar-refractivity contribution in [2.24, 2.45) is 0 Å². The van der Waals surface area contributed by atoms with Gasteiger partial charge in [-0.2, -0.15) is 0 Å². The molecule has 0 saturated heterocycles. The lowest BCUT2D eigenvalue weighted by Gasteiger charge is -2.16. The molecule has 0 aliphatic heterocycles. The maximum atomic E-state index is 13.6. The van der Waals surface area contributed by atoms with Crippen LogP contribution in [0.4, 0.5) is 4.39 Å². The summed E-state index contributed by atoms with van der Waals surface area (Å²) in [4.78, 5) is 16.5. The van der Waals surface area contributed by atoms with Gasteiger partial charge in [0.05, 0.1) is 36.4 Å². The molecule has 3 aromatic rings. The second-order valence-electron chi connectivity index (χ2n) is 8.41. The normalized spacial score (nSPS) is 15.6. The summed E-state index contributed by atoms with van der Waals surface area (Å²) in [5.74, 6) is -0.447. The van der Waals surface area contributed by atoms with Gasteiger partial charge in [-0.1, -0.05) is 42.5 Å². The summed E-state index contributed by atoms with van der Waals surface area (Å²) in [6.07, 6.45) is 3.47. The minimum Gasteiger partial charge on any atom is -0.466 e. The topological polar surface area (TPSA) is 79.7 Å². The SMILES string of the molecule is CCOC(=O)C[C@H](O)CC(O)/C=C/c1c(C2CC2)nc2ccccc2c1-c1ccc(F)cc1. The van der Waals surface area contributed by atoms with Crippen molar-refractivity contribution in [2.75, 3.05) is 6.61 Å². The lowest BCUT2D eigenvalue weighted by atomic mass is 9.92. The fourth-order valence-corrected chi connectivity index (χ4v) is 4.07. The van der Waals surface area contributed by atoms with E-state index in [-0.39, 0.29) is 25.3 Å². The Labute approximate surface area is 192 Å². The van der Waals surface area contributed by atoms with Crippen molar-refractivity contribution in [3.63, 3.8) is 0 Å². The number of hydrogen-bond donors (Lipinski definition) is 2. The van der Waals surface area contributed by atoms with Crippen molar-refractivity contribution in [3.05, 3.63) is 71.7 Å². The first kappa shape index (κ1) is 23.1. The predicted molar refractivity (Wildman–Crippen MR) is 126 cm³/mol. The number of aromatic nitrogens is 1. The molecule has 172 valence electrons. The second kappa shape index (κ2) is 10.2. The summed E-state index contributed by atoms with van der Waals surface area (Å²) in [6, 6.07) is 14.3. The zero-order chi connectivity index (χ0) is 23.4. The van der Waals surface area contributed by atoms with Gasteiger partial charge in [0.2, 0.25) is 0 Å². The molecule has 2 N–H and O–H groups in total. The third kappa shape index (κ3) is 5.64. The minimum atomic E-state index is -1.00. The van der Waals surface area contributed by atoms with Crippen molar-refractivity contribution in [1.82, 2.24) is 4.98 Å². The number of fused-ring (bicyclic) bond motifs is 1. The van der Waals surface area contributed by atoms with Crippen LogP contribution in [0.2, 0.25) is 0 Å². The lowest BCUT2D eigenvalue weighted by Crippen LogP contribution is -2.20. The lowest BCUT2D eigenvalue weighted by molar-refractivity contribution is -0.145. The highest BCUT2D eigenvalue weighted by Gasteiger charge is 2.29. The highest BCUT2D eigenvalue weighted by atomic mass is 19.1. The molecule has 0 amide bonds. The molecule has 2 aromatic carbocycles. The number of rotatable bonds is 9. The number of carbonyl (C=O) groups excluding carboxylic acids is 1. The van der Waals surface area contributed by atoms with Gasteiger partial charge < -0.3 is 14.9 Å². The summed E-state index contributed by atoms with van der Waals surface area (Å²) in [5.41, 5.74) is 4.54. The molecule has 5 nitrogen and oxygen atoms in total. The Morgan fingerprint density at radius 1 is 1.18 bits per heavy atom. The highest BCUT2D eigenvalue weighted by Crippen LogP contribution is 2.45. The van der Waals surface area contributed by atoms with Gasteiger partial charge in [0.25, 0.3) is 0 Å². The van der Waals surface area contributed by atoms with E-state index in [0.29, 0.717) is 5.92 Å². The Hall–Kier alpha value is -3.09. The fourth-order valence-electron chi connectivity index (χ4n) is 4.07. The van der Waals surface area contributed by atoms with Crippen LogP contribution < -0.4 is 0 Å². The maximum absolute atomic E-state index is 13.6. The molecule has 1 unspecified atom stereocenters. The van der Waals surface area contributed by atoms with Gasteiger partial charge in [-0.15, -0.1) is 0 Å². The number of aliphatic hydroxyl groups excluding tert-OH is 2. The smallest absolute Gasteiger partial charge is 0.308 e. The third-order valence-corrected chi connectivity index (χ3v) is 5.76. The number of esters is 1. The van der Waals surface area contributed by atoms with E-state index in [1.165, 1.54) is 12.1 Å². The molecule has 2 atom stereocenters. The monoisotopic (exact) mass is 449 g/mol. The molecule has 1 aromatic heterocycles. The van der Waals surface area contributed by atoms with E-state index in [9.17, 15) is 19.4 Å². The molecule has 1 saturated carbocycles. The molecule has 1 heterocycles. The Bertz CT molecular complexity index is 1150. The molecule has 1 aliphatic rings. The summed E-state index contributed by atoms with van der Waals surface area (Å²) in [5, 5.41) is 21.6. The molecule has 1 fully saturated rings. The molecule has 0 radical (unpaired) electrons. The Morgan fingerprint density at radius 3 is 2.61 bits per heavy atom. The van der Waals surface area contributed by atoms with Crippen molar-refractivity contribution in [1.29, 1.82) is 0 Å². The van der Waals surface area contributed by atoms with Gasteiger partial charge in [-0.05, 0) is 43.5 Å². The number of pyridine rings is 1. The van der Waals surface area contributed by atoms with E-state index < -0.39 is 18.2 Å². The first-order chi connectivity index (χ1) is 16.0. The number of ether oxygens (including phenoxy) is 1. The number of hydrogen-bond acceptors (Lipinski definition) is 5. The summed E-state index contributed by atoms with van der Waals surface area (Å²) in [7, 11) is 0. The Balaban J connectivity index is 1.70. The zero-order valence-electron chi connectivity index (χ0n) is 18.6. The number of aliphatic hydroxyl groups is 2. The van der Waals surface area contributed by atoms with Crippen molar-refractivity contribution >= 4 is 22.9 Å². The molecule has 6 heteroatoms. The van der Waals surface area contributed by atoms with Crippen molar-refractivity contribution < 1.29 is 24.1 Å². The van der Waals surface area contributed by atoms with Crippen LogP contribution in [0.15, 0.2) is 54.6 Å². The number of nitrogens with zero attached hydrogens (tertiary/aromatic N) is 1. The van der Waals surface area contributed by atoms with Gasteiger partial charge in [-0.25, -0.2) is 4.39 Å². The summed E-state index contributed by atoms with van der Waals surface area (Å²) < 4.78 is 18.5. The maximum Gasteiger partial charge on any atom is 0.308 e. The van der Waals surface area contributed by atoms with Gasteiger partial charge in [0.1, 0.15) is 5.82 Å². The average molecular weight is 450 g/mol. The largest absolute Gasteiger partial charge is 0.466 e. The number of para-hydroxylation sites is 1. The quantitative estimate of drug-likeness (QED) is 0.450. The first-order valence-corrected chi connectivity index (χ1v) is 11.3. The van der Waals surface area contributed by atoms with Crippen LogP contribution in [-0.4, -0.2) is 40.0 Å². The number of halogens is 1. The van der Waals surface area contributed by atoms with Crippen LogP contribution in [0.3, 0.4) is 0 Å². The number of carbonyl (C=O) groups is 1. The molecule has 0 bridgehead atoms. The van der Waals surface area contributed by atoms with Crippen LogP contribution in [0, 0.1) is 5.82 Å². The van der Waals surface area contributed by atoms with Gasteiger partial charge >= 0.3 is 5.97 Å². The highest BCUT2D eigenvalue weighted by molar-refractivity contribution is 5.99. The molecule has 0 spiro atoms. The van der Waals surface area contributed by atoms with E-state index >= 15 is 0 Å². The molecular formula is C27H28FNO4. The first-order valence-electron chi connectivity index (χ1n) is 11.3. The van der Waals surface area contributed by atoms with Crippen LogP contribution in [0.1, 0.15) is 49.8 Å². The van der Waals surface area contributed by atoms with E-state index in [1.807, 2.05) is 30.3 Å². The van der Waals surface area contributed by atoms with E-state index in [4.69, 9.17) is 9.72 Å². The van der Waals surface area contributed by atoms with Crippen molar-refractivity contribution in [2.45, 2.75) is 50.7 Å². The molecular weight excluding hydrogens is 421 g/mol. The second-order valence-corrected chi connectivity index (χ2v) is 8.41. The molecule has 4 rings (SSSR count). The minimum absolute atomic E-state index is 0.0148. The van der Waals surface area contributed by atoms with E-state index in [0.717, 1.165) is 46.1 Å². The number of benzene rings is 2. The van der Waals surface area contributed by atoms with Gasteiger partial charge in [0, 0.05) is 28.9 Å². The van der Waals surface area contributed by atoms with Gasteiger partial charge in [0.15, 0.2) is 0 Å². The van der Waals surface area contributed by atoms with Crippen LogP contribution >= 0.6 is 0 Å². The average Bonchev–Trinajstić information content (AvgIpc) is 3.63. The van der Waals surface area contributed by atoms with Crippen LogP contribution in [-0.2, 0) is 9.53 Å². The zero-order valence-corrected chi connectivity index (χ0v) is 18.6. The summed E-state index contributed by atoms with van der Waals surface area (Å²) >= 11 is 0. The van der Waals surface area contributed by atoms with E-state index in [2.05, 4.69) is 0 Å². The van der Waals surface area contributed by atoms with Crippen LogP contribution in [0.5, 0.6) is 0 Å². The molecule has 1 aliphatic carbocycles. The Kier molecular flexibility index (Phi) is 7.16. The standard InChI is InChI=1S/C27H28FNO4/c1-2-33-25(32)16-21(31)15-20(30)13-14-23-26(17-9-11-19(28)12-10-17)22-5-3-4-6-24(22)29-27(23)18-7-8-18/h3-6,9-14,18,20-21,30-31H,2,7-8,15-16H2,1H3/b14-13+/t20?,21-/m1/s1. The van der Waals surface area contributed by atoms with E-state index in [1.54, 1.807) is 25.1 Å². The summed E-state index contributed by atoms with van der Waals surface area (Å²) in [6.45, 7) is 1.95. The van der Waals surface area contributed by atoms with Gasteiger partial charge in [-0.3, -0.25) is 9.78 Å². The van der Waals surface area contributed by atoms with Crippen LogP contribution in [0.25, 0.3) is 28.1 Å².